The van der Waals surface area contributed by atoms with Crippen LogP contribution in [0.3, 0.4) is 0 Å². The Kier molecular flexibility index (Phi) is 3.17. The first-order valence-electron chi connectivity index (χ1n) is 7.28. The van der Waals surface area contributed by atoms with Crippen molar-refractivity contribution in [1.82, 2.24) is 0 Å². The van der Waals surface area contributed by atoms with Crippen molar-refractivity contribution in [2.24, 2.45) is 0 Å². The number of hydrogen-bond acceptors (Lipinski definition) is 0. The van der Waals surface area contributed by atoms with Crippen molar-refractivity contribution in [3.8, 4) is 0 Å². The maximum atomic E-state index is 2.26. The zero-order chi connectivity index (χ0) is 14.3. The van der Waals surface area contributed by atoms with Crippen LogP contribution in [0.15, 0.2) is 42.5 Å². The Balaban J connectivity index is 2.13. The molecule has 102 valence electrons. The lowest BCUT2D eigenvalue weighted by atomic mass is 9.96. The topological polar surface area (TPSA) is 0 Å². The minimum atomic E-state index is 1.04. The first kappa shape index (κ1) is 13.1. The second-order valence-electron chi connectivity index (χ2n) is 5.79. The highest BCUT2D eigenvalue weighted by atomic mass is 14.2. The number of rotatable bonds is 2. The smallest absolute Gasteiger partial charge is 0.0159 e. The van der Waals surface area contributed by atoms with Crippen LogP contribution in [-0.4, -0.2) is 0 Å². The van der Waals surface area contributed by atoms with Gasteiger partial charge in [-0.1, -0.05) is 76.6 Å². The number of fused-ring (bicyclic) bond motifs is 1. The Hall–Kier alpha value is -1.95. The van der Waals surface area contributed by atoms with Crippen LogP contribution in [0, 0.1) is 27.7 Å². The first-order chi connectivity index (χ1) is 9.59. The SMILES string of the molecule is Cc1c(Cc2cccc3ccccc23)c(C)[c-](C)c1C. The van der Waals surface area contributed by atoms with Gasteiger partial charge in [0.25, 0.3) is 0 Å². The van der Waals surface area contributed by atoms with Crippen molar-refractivity contribution in [2.45, 2.75) is 34.1 Å². The van der Waals surface area contributed by atoms with Gasteiger partial charge in [0.15, 0.2) is 0 Å². The molecule has 0 N–H and O–H groups in total. The molecular formula is C20H21-. The molecule has 0 unspecified atom stereocenters. The van der Waals surface area contributed by atoms with Crippen molar-refractivity contribution in [1.29, 1.82) is 0 Å². The van der Waals surface area contributed by atoms with Gasteiger partial charge < -0.3 is 0 Å². The van der Waals surface area contributed by atoms with E-state index in [-0.39, 0.29) is 0 Å². The normalized spacial score (nSPS) is 11.2. The third-order valence-electron chi connectivity index (χ3n) is 4.84. The molecule has 0 fully saturated rings. The zero-order valence-corrected chi connectivity index (χ0v) is 12.7. The fraction of sp³-hybridized carbons (Fsp3) is 0.250. The molecule has 0 nitrogen and oxygen atoms in total. The molecule has 0 spiro atoms. The molecule has 0 heterocycles. The standard InChI is InChI=1S/C20H21/c1-13-14(2)16(4)20(15(13)3)12-18-10-7-9-17-8-5-6-11-19(17)18/h5-11H,12H2,1-4H3/q-1. The van der Waals surface area contributed by atoms with Gasteiger partial charge in [-0.2, -0.15) is 27.8 Å². The van der Waals surface area contributed by atoms with E-state index >= 15 is 0 Å². The van der Waals surface area contributed by atoms with Gasteiger partial charge in [-0.3, -0.25) is 0 Å². The van der Waals surface area contributed by atoms with Crippen molar-refractivity contribution >= 4 is 10.8 Å². The largest absolute Gasteiger partial charge is 0.195 e. The summed E-state index contributed by atoms with van der Waals surface area (Å²) in [7, 11) is 0. The fourth-order valence-electron chi connectivity index (χ4n) is 3.20. The highest BCUT2D eigenvalue weighted by Gasteiger charge is 2.05. The van der Waals surface area contributed by atoms with Gasteiger partial charge in [0.05, 0.1) is 0 Å². The van der Waals surface area contributed by atoms with Crippen LogP contribution in [0.2, 0.25) is 0 Å². The molecular weight excluding hydrogens is 240 g/mol. The second-order valence-corrected chi connectivity index (χ2v) is 5.79. The highest BCUT2D eigenvalue weighted by molar-refractivity contribution is 5.86. The average molecular weight is 261 g/mol. The van der Waals surface area contributed by atoms with Gasteiger partial charge in [-0.05, 0) is 16.3 Å². The molecule has 3 aromatic rings. The molecule has 0 amide bonds. The lowest BCUT2D eigenvalue weighted by Gasteiger charge is -2.15. The van der Waals surface area contributed by atoms with E-state index in [9.17, 15) is 0 Å². The van der Waals surface area contributed by atoms with E-state index in [1.807, 2.05) is 0 Å². The Morgan fingerprint density at radius 2 is 1.55 bits per heavy atom. The maximum Gasteiger partial charge on any atom is -0.0159 e. The molecule has 3 rings (SSSR count). The third-order valence-corrected chi connectivity index (χ3v) is 4.84. The highest BCUT2D eigenvalue weighted by Crippen LogP contribution is 2.30. The molecule has 0 aliphatic rings. The summed E-state index contributed by atoms with van der Waals surface area (Å²) in [5.41, 5.74) is 8.78. The van der Waals surface area contributed by atoms with Crippen LogP contribution in [0.25, 0.3) is 10.8 Å². The van der Waals surface area contributed by atoms with Gasteiger partial charge in [0.2, 0.25) is 0 Å². The molecule has 0 aliphatic heterocycles. The van der Waals surface area contributed by atoms with Crippen molar-refractivity contribution < 1.29 is 0 Å². The van der Waals surface area contributed by atoms with Gasteiger partial charge in [0, 0.05) is 0 Å². The fourth-order valence-corrected chi connectivity index (χ4v) is 3.20. The minimum absolute atomic E-state index is 1.04. The monoisotopic (exact) mass is 261 g/mol. The molecule has 0 saturated heterocycles. The summed E-state index contributed by atoms with van der Waals surface area (Å²) in [4.78, 5) is 0. The van der Waals surface area contributed by atoms with Crippen LogP contribution < -0.4 is 0 Å². The molecule has 3 aromatic carbocycles. The second kappa shape index (κ2) is 4.86. The van der Waals surface area contributed by atoms with E-state index in [2.05, 4.69) is 70.2 Å². The molecule has 0 aromatic heterocycles. The Morgan fingerprint density at radius 3 is 2.25 bits per heavy atom. The van der Waals surface area contributed by atoms with Gasteiger partial charge in [-0.25, -0.2) is 0 Å². The Morgan fingerprint density at radius 1 is 0.850 bits per heavy atom. The molecule has 20 heavy (non-hydrogen) atoms. The quantitative estimate of drug-likeness (QED) is 0.543. The van der Waals surface area contributed by atoms with E-state index in [0.29, 0.717) is 0 Å². The molecule has 0 heteroatoms. The molecule has 0 bridgehead atoms. The zero-order valence-electron chi connectivity index (χ0n) is 12.7. The first-order valence-corrected chi connectivity index (χ1v) is 7.28. The van der Waals surface area contributed by atoms with Gasteiger partial charge >= 0.3 is 0 Å². The summed E-state index contributed by atoms with van der Waals surface area (Å²) < 4.78 is 0. The third kappa shape index (κ3) is 1.96. The van der Waals surface area contributed by atoms with Gasteiger partial charge in [0.1, 0.15) is 0 Å². The van der Waals surface area contributed by atoms with Crippen molar-refractivity contribution in [3.05, 3.63) is 75.8 Å². The van der Waals surface area contributed by atoms with Crippen LogP contribution in [0.5, 0.6) is 0 Å². The Bertz CT molecular complexity index is 741. The average Bonchev–Trinajstić information content (AvgIpc) is 2.65. The van der Waals surface area contributed by atoms with Crippen molar-refractivity contribution in [3.63, 3.8) is 0 Å². The van der Waals surface area contributed by atoms with E-state index in [1.54, 1.807) is 0 Å². The summed E-state index contributed by atoms with van der Waals surface area (Å²) in [6.07, 6.45) is 1.04. The van der Waals surface area contributed by atoms with E-state index < -0.39 is 0 Å². The number of hydrogen-bond donors (Lipinski definition) is 0. The van der Waals surface area contributed by atoms with Crippen LogP contribution in [0.4, 0.5) is 0 Å². The molecule has 0 radical (unpaired) electrons. The Labute approximate surface area is 121 Å². The van der Waals surface area contributed by atoms with Gasteiger partial charge in [-0.15, -0.1) is 0 Å². The summed E-state index contributed by atoms with van der Waals surface area (Å²) in [6.45, 7) is 9.00. The number of benzene rings is 2. The lowest BCUT2D eigenvalue weighted by molar-refractivity contribution is 1.16. The van der Waals surface area contributed by atoms with Crippen LogP contribution in [-0.2, 0) is 6.42 Å². The summed E-state index contributed by atoms with van der Waals surface area (Å²) in [6, 6.07) is 15.3. The molecule has 0 atom stereocenters. The molecule has 0 aliphatic carbocycles. The van der Waals surface area contributed by atoms with Crippen molar-refractivity contribution in [2.75, 3.05) is 0 Å². The minimum Gasteiger partial charge on any atom is -0.195 e. The van der Waals surface area contributed by atoms with Crippen LogP contribution >= 0.6 is 0 Å². The van der Waals surface area contributed by atoms with Crippen LogP contribution in [0.1, 0.15) is 33.4 Å². The maximum absolute atomic E-state index is 2.26. The molecule has 0 saturated carbocycles. The van der Waals surface area contributed by atoms with E-state index in [1.165, 1.54) is 44.2 Å². The summed E-state index contributed by atoms with van der Waals surface area (Å²) in [5, 5.41) is 2.71. The van der Waals surface area contributed by atoms with E-state index in [0.717, 1.165) is 6.42 Å². The predicted octanol–water partition coefficient (Wildman–Crippen LogP) is 5.38. The summed E-state index contributed by atoms with van der Waals surface area (Å²) in [5.74, 6) is 0. The van der Waals surface area contributed by atoms with E-state index in [4.69, 9.17) is 0 Å². The lowest BCUT2D eigenvalue weighted by Crippen LogP contribution is -1.93. The predicted molar refractivity (Wildman–Crippen MR) is 87.7 cm³/mol. The summed E-state index contributed by atoms with van der Waals surface area (Å²) >= 11 is 0.